The molecule has 1 atom stereocenters. The van der Waals surface area contributed by atoms with Gasteiger partial charge in [-0.3, -0.25) is 4.79 Å². The Hall–Kier alpha value is -2.49. The summed E-state index contributed by atoms with van der Waals surface area (Å²) in [5, 5.41) is 4.33. The Morgan fingerprint density at radius 1 is 1.33 bits per heavy atom. The van der Waals surface area contributed by atoms with Crippen molar-refractivity contribution in [3.05, 3.63) is 52.8 Å². The summed E-state index contributed by atoms with van der Waals surface area (Å²) < 4.78 is 5.34. The third kappa shape index (κ3) is 4.26. The first-order valence-corrected chi connectivity index (χ1v) is 9.81. The Morgan fingerprint density at radius 2 is 2.15 bits per heavy atom. The molecule has 0 bridgehead atoms. The molecule has 0 aliphatic heterocycles. The Labute approximate surface area is 161 Å². The molecule has 0 saturated carbocycles. The molecule has 1 aromatic carbocycles. The Kier molecular flexibility index (Phi) is 6.04. The molecule has 2 N–H and O–H groups in total. The summed E-state index contributed by atoms with van der Waals surface area (Å²) in [6, 6.07) is 6.11. The zero-order chi connectivity index (χ0) is 19.4. The number of fused-ring (bicyclic) bond motifs is 1. The maximum absolute atomic E-state index is 12.8. The van der Waals surface area contributed by atoms with E-state index in [9.17, 15) is 4.79 Å². The SMILES string of the molecule is CC/C=C\CC1=C(C)CCC1NC(=O)Cc1c(C)[nH]c2ccc(OC)cc12. The van der Waals surface area contributed by atoms with Gasteiger partial charge >= 0.3 is 0 Å². The maximum atomic E-state index is 12.8. The van der Waals surface area contributed by atoms with E-state index in [-0.39, 0.29) is 11.9 Å². The van der Waals surface area contributed by atoms with Crippen LogP contribution < -0.4 is 10.1 Å². The van der Waals surface area contributed by atoms with Gasteiger partial charge in [0.15, 0.2) is 0 Å². The van der Waals surface area contributed by atoms with E-state index in [1.54, 1.807) is 7.11 Å². The highest BCUT2D eigenvalue weighted by atomic mass is 16.5. The second kappa shape index (κ2) is 8.47. The standard InChI is InChI=1S/C23H30N2O2/c1-5-6-7-8-18-15(2)9-11-21(18)25-23(26)14-19-16(3)24-22-12-10-17(27-4)13-20(19)22/h6-7,10,12-13,21,24H,5,8-9,11,14H2,1-4H3,(H,25,26)/b7-6-. The smallest absolute Gasteiger partial charge is 0.224 e. The molecule has 0 spiro atoms. The average Bonchev–Trinajstić information content (AvgIpc) is 3.15. The minimum absolute atomic E-state index is 0.0819. The number of ether oxygens (including phenoxy) is 1. The van der Waals surface area contributed by atoms with Crippen LogP contribution in [0.1, 0.15) is 50.8 Å². The molecule has 0 saturated heterocycles. The van der Waals surface area contributed by atoms with Crippen LogP contribution in [-0.4, -0.2) is 24.0 Å². The second-order valence-electron chi connectivity index (χ2n) is 7.36. The molecule has 1 aromatic heterocycles. The Bertz CT molecular complexity index is 889. The first-order valence-electron chi connectivity index (χ1n) is 9.81. The predicted octanol–water partition coefficient (Wildman–Crippen LogP) is 4.98. The number of H-pyrrole nitrogens is 1. The molecule has 3 rings (SSSR count). The maximum Gasteiger partial charge on any atom is 0.224 e. The van der Waals surface area contributed by atoms with Gasteiger partial charge in [-0.25, -0.2) is 0 Å². The number of amides is 1. The molecule has 27 heavy (non-hydrogen) atoms. The minimum atomic E-state index is 0.0819. The van der Waals surface area contributed by atoms with Crippen molar-refractivity contribution in [1.29, 1.82) is 0 Å². The molecule has 0 fully saturated rings. The van der Waals surface area contributed by atoms with Crippen molar-refractivity contribution in [3.63, 3.8) is 0 Å². The summed E-state index contributed by atoms with van der Waals surface area (Å²) in [7, 11) is 1.66. The number of aryl methyl sites for hydroxylation is 1. The number of methoxy groups -OCH3 is 1. The fourth-order valence-electron chi connectivity index (χ4n) is 3.97. The van der Waals surface area contributed by atoms with Crippen LogP contribution in [0.3, 0.4) is 0 Å². The van der Waals surface area contributed by atoms with Gasteiger partial charge < -0.3 is 15.0 Å². The van der Waals surface area contributed by atoms with Crippen LogP contribution in [0.15, 0.2) is 41.5 Å². The van der Waals surface area contributed by atoms with Crippen LogP contribution in [-0.2, 0) is 11.2 Å². The van der Waals surface area contributed by atoms with E-state index in [0.29, 0.717) is 6.42 Å². The number of aromatic nitrogens is 1. The molecular formula is C23H30N2O2. The fraction of sp³-hybridized carbons (Fsp3) is 0.435. The molecule has 2 aromatic rings. The van der Waals surface area contributed by atoms with Crippen LogP contribution >= 0.6 is 0 Å². The van der Waals surface area contributed by atoms with Gasteiger partial charge in [0.1, 0.15) is 5.75 Å². The second-order valence-corrected chi connectivity index (χ2v) is 7.36. The lowest BCUT2D eigenvalue weighted by molar-refractivity contribution is -0.120. The van der Waals surface area contributed by atoms with Gasteiger partial charge in [-0.1, -0.05) is 24.6 Å². The van der Waals surface area contributed by atoms with Crippen molar-refractivity contribution in [1.82, 2.24) is 10.3 Å². The number of nitrogens with one attached hydrogen (secondary N) is 2. The van der Waals surface area contributed by atoms with E-state index in [0.717, 1.165) is 53.6 Å². The Balaban J connectivity index is 1.73. The third-order valence-electron chi connectivity index (χ3n) is 5.52. The summed E-state index contributed by atoms with van der Waals surface area (Å²) >= 11 is 0. The molecular weight excluding hydrogens is 336 g/mol. The summed E-state index contributed by atoms with van der Waals surface area (Å²) in [5.74, 6) is 0.890. The number of allylic oxidation sites excluding steroid dienone is 3. The number of hydrogen-bond donors (Lipinski definition) is 2. The molecule has 4 heteroatoms. The van der Waals surface area contributed by atoms with Gasteiger partial charge in [-0.05, 0) is 68.9 Å². The molecule has 1 amide bonds. The largest absolute Gasteiger partial charge is 0.497 e. The first-order chi connectivity index (χ1) is 13.0. The van der Waals surface area contributed by atoms with E-state index < -0.39 is 0 Å². The first kappa shape index (κ1) is 19.3. The Morgan fingerprint density at radius 3 is 2.89 bits per heavy atom. The van der Waals surface area contributed by atoms with Crippen molar-refractivity contribution in [3.8, 4) is 5.75 Å². The molecule has 1 aliphatic carbocycles. The average molecular weight is 367 g/mol. The topological polar surface area (TPSA) is 54.1 Å². The van der Waals surface area contributed by atoms with Gasteiger partial charge in [0.2, 0.25) is 5.91 Å². The van der Waals surface area contributed by atoms with Crippen molar-refractivity contribution < 1.29 is 9.53 Å². The van der Waals surface area contributed by atoms with Gasteiger partial charge in [0.05, 0.1) is 19.6 Å². The van der Waals surface area contributed by atoms with Crippen molar-refractivity contribution >= 4 is 16.8 Å². The van der Waals surface area contributed by atoms with Crippen molar-refractivity contribution in [2.24, 2.45) is 0 Å². The quantitative estimate of drug-likeness (QED) is 0.679. The molecule has 1 heterocycles. The number of carbonyl (C=O) groups is 1. The highest BCUT2D eigenvalue weighted by Crippen LogP contribution is 2.30. The van der Waals surface area contributed by atoms with Crippen molar-refractivity contribution in [2.75, 3.05) is 7.11 Å². The van der Waals surface area contributed by atoms with Crippen LogP contribution in [0, 0.1) is 6.92 Å². The summed E-state index contributed by atoms with van der Waals surface area (Å²) in [6.07, 6.45) is 8.86. The molecule has 4 nitrogen and oxygen atoms in total. The van der Waals surface area contributed by atoms with E-state index in [2.05, 4.69) is 36.3 Å². The third-order valence-corrected chi connectivity index (χ3v) is 5.52. The lowest BCUT2D eigenvalue weighted by Gasteiger charge is -2.17. The van der Waals surface area contributed by atoms with Crippen LogP contribution in [0.2, 0.25) is 0 Å². The molecule has 0 radical (unpaired) electrons. The number of hydrogen-bond acceptors (Lipinski definition) is 2. The molecule has 1 aliphatic rings. The van der Waals surface area contributed by atoms with Crippen LogP contribution in [0.4, 0.5) is 0 Å². The highest BCUT2D eigenvalue weighted by Gasteiger charge is 2.24. The van der Waals surface area contributed by atoms with Gasteiger partial charge in [0, 0.05) is 16.6 Å². The molecule has 144 valence electrons. The lowest BCUT2D eigenvalue weighted by Crippen LogP contribution is -2.35. The number of rotatable bonds is 7. The number of carbonyl (C=O) groups excluding carboxylic acids is 1. The van der Waals surface area contributed by atoms with E-state index in [4.69, 9.17) is 4.74 Å². The number of aromatic amines is 1. The zero-order valence-corrected chi connectivity index (χ0v) is 16.8. The zero-order valence-electron chi connectivity index (χ0n) is 16.8. The van der Waals surface area contributed by atoms with Gasteiger partial charge in [0.25, 0.3) is 0 Å². The molecule has 1 unspecified atom stereocenters. The fourth-order valence-corrected chi connectivity index (χ4v) is 3.97. The van der Waals surface area contributed by atoms with E-state index in [1.165, 1.54) is 11.1 Å². The van der Waals surface area contributed by atoms with Gasteiger partial charge in [-0.2, -0.15) is 0 Å². The summed E-state index contributed by atoms with van der Waals surface area (Å²) in [5.41, 5.74) is 5.93. The van der Waals surface area contributed by atoms with Crippen LogP contribution in [0.5, 0.6) is 5.75 Å². The monoisotopic (exact) mass is 366 g/mol. The normalized spacial score (nSPS) is 17.3. The minimum Gasteiger partial charge on any atom is -0.497 e. The van der Waals surface area contributed by atoms with E-state index in [1.807, 2.05) is 25.1 Å². The van der Waals surface area contributed by atoms with Crippen molar-refractivity contribution in [2.45, 2.75) is 58.9 Å². The summed E-state index contributed by atoms with van der Waals surface area (Å²) in [6.45, 7) is 6.36. The number of benzene rings is 1. The summed E-state index contributed by atoms with van der Waals surface area (Å²) in [4.78, 5) is 16.2. The lowest BCUT2D eigenvalue weighted by atomic mass is 10.0. The van der Waals surface area contributed by atoms with E-state index >= 15 is 0 Å². The van der Waals surface area contributed by atoms with Crippen LogP contribution in [0.25, 0.3) is 10.9 Å². The predicted molar refractivity (Wildman–Crippen MR) is 111 cm³/mol. The van der Waals surface area contributed by atoms with Gasteiger partial charge in [-0.15, -0.1) is 0 Å². The highest BCUT2D eigenvalue weighted by molar-refractivity contribution is 5.91.